The molecule has 1 heterocycles. The van der Waals surface area contributed by atoms with Gasteiger partial charge in [0, 0.05) is 6.20 Å². The molecule has 0 saturated carbocycles. The Morgan fingerprint density at radius 3 is 2.85 bits per heavy atom. The van der Waals surface area contributed by atoms with Crippen LogP contribution in [0.2, 0.25) is 0 Å². The standard InChI is InChI=1S/C9H17N3O/c1-7(2)6-13-12-8(3)9-4-5-10-11-9/h4-5,7-8,12H,6H2,1-3H3,(H,10,11). The van der Waals surface area contributed by atoms with Crippen molar-refractivity contribution in [1.29, 1.82) is 0 Å². The summed E-state index contributed by atoms with van der Waals surface area (Å²) in [6.07, 6.45) is 1.73. The molecule has 4 heteroatoms. The van der Waals surface area contributed by atoms with E-state index in [4.69, 9.17) is 4.84 Å². The molecule has 74 valence electrons. The molecule has 13 heavy (non-hydrogen) atoms. The molecule has 0 aliphatic rings. The minimum absolute atomic E-state index is 0.154. The molecule has 1 unspecified atom stereocenters. The van der Waals surface area contributed by atoms with E-state index in [2.05, 4.69) is 29.5 Å². The maximum atomic E-state index is 5.28. The van der Waals surface area contributed by atoms with Crippen molar-refractivity contribution in [3.63, 3.8) is 0 Å². The van der Waals surface area contributed by atoms with Crippen LogP contribution in [-0.4, -0.2) is 16.8 Å². The van der Waals surface area contributed by atoms with Gasteiger partial charge in [-0.2, -0.15) is 10.6 Å². The number of rotatable bonds is 5. The Hall–Kier alpha value is -0.870. The van der Waals surface area contributed by atoms with Crippen molar-refractivity contribution in [1.82, 2.24) is 15.7 Å². The van der Waals surface area contributed by atoms with Crippen molar-refractivity contribution in [3.8, 4) is 0 Å². The largest absolute Gasteiger partial charge is 0.301 e. The van der Waals surface area contributed by atoms with Crippen LogP contribution in [0.25, 0.3) is 0 Å². The van der Waals surface area contributed by atoms with Crippen molar-refractivity contribution in [3.05, 3.63) is 18.0 Å². The second kappa shape index (κ2) is 4.99. The van der Waals surface area contributed by atoms with E-state index in [1.165, 1.54) is 0 Å². The number of hydrogen-bond acceptors (Lipinski definition) is 3. The molecular weight excluding hydrogens is 166 g/mol. The Morgan fingerprint density at radius 2 is 2.31 bits per heavy atom. The molecule has 0 aromatic carbocycles. The Labute approximate surface area is 78.6 Å². The maximum Gasteiger partial charge on any atom is 0.0709 e. The summed E-state index contributed by atoms with van der Waals surface area (Å²) in [4.78, 5) is 5.28. The third kappa shape index (κ3) is 3.57. The van der Waals surface area contributed by atoms with Crippen LogP contribution in [0, 0.1) is 5.92 Å². The van der Waals surface area contributed by atoms with Gasteiger partial charge in [-0.1, -0.05) is 13.8 Å². The van der Waals surface area contributed by atoms with Crippen molar-refractivity contribution in [2.45, 2.75) is 26.8 Å². The van der Waals surface area contributed by atoms with Gasteiger partial charge in [0.05, 0.1) is 18.3 Å². The Morgan fingerprint density at radius 1 is 1.54 bits per heavy atom. The fourth-order valence-electron chi connectivity index (χ4n) is 0.911. The Kier molecular flexibility index (Phi) is 3.92. The number of aromatic amines is 1. The van der Waals surface area contributed by atoms with E-state index in [1.54, 1.807) is 6.20 Å². The highest BCUT2D eigenvalue weighted by Crippen LogP contribution is 2.07. The van der Waals surface area contributed by atoms with Crippen LogP contribution in [0.15, 0.2) is 12.3 Å². The Bertz CT molecular complexity index is 221. The summed E-state index contributed by atoms with van der Waals surface area (Å²) >= 11 is 0. The van der Waals surface area contributed by atoms with Crippen molar-refractivity contribution in [2.75, 3.05) is 6.61 Å². The maximum absolute atomic E-state index is 5.28. The fourth-order valence-corrected chi connectivity index (χ4v) is 0.911. The van der Waals surface area contributed by atoms with Gasteiger partial charge >= 0.3 is 0 Å². The zero-order chi connectivity index (χ0) is 9.68. The van der Waals surface area contributed by atoms with Crippen molar-refractivity contribution >= 4 is 0 Å². The van der Waals surface area contributed by atoms with E-state index >= 15 is 0 Å². The molecule has 2 N–H and O–H groups in total. The van der Waals surface area contributed by atoms with Gasteiger partial charge in [0.15, 0.2) is 0 Å². The first-order chi connectivity index (χ1) is 6.20. The van der Waals surface area contributed by atoms with E-state index in [-0.39, 0.29) is 6.04 Å². The topological polar surface area (TPSA) is 49.9 Å². The summed E-state index contributed by atoms with van der Waals surface area (Å²) in [7, 11) is 0. The normalized spacial score (nSPS) is 13.5. The van der Waals surface area contributed by atoms with Crippen LogP contribution in [0.4, 0.5) is 0 Å². The molecule has 4 nitrogen and oxygen atoms in total. The number of H-pyrrole nitrogens is 1. The highest BCUT2D eigenvalue weighted by molar-refractivity contribution is 5.01. The lowest BCUT2D eigenvalue weighted by atomic mass is 10.2. The van der Waals surface area contributed by atoms with Gasteiger partial charge < -0.3 is 4.84 Å². The highest BCUT2D eigenvalue weighted by atomic mass is 16.6. The zero-order valence-corrected chi connectivity index (χ0v) is 8.37. The Balaban J connectivity index is 2.22. The average molecular weight is 183 g/mol. The first-order valence-corrected chi connectivity index (χ1v) is 4.56. The molecule has 1 rings (SSSR count). The van der Waals surface area contributed by atoms with Gasteiger partial charge in [-0.15, -0.1) is 0 Å². The first kappa shape index (κ1) is 10.2. The van der Waals surface area contributed by atoms with Crippen LogP contribution in [0.3, 0.4) is 0 Å². The predicted octanol–water partition coefficient (Wildman–Crippen LogP) is 1.65. The third-order valence-corrected chi connectivity index (χ3v) is 1.67. The number of nitrogens with one attached hydrogen (secondary N) is 2. The van der Waals surface area contributed by atoms with Crippen LogP contribution < -0.4 is 5.48 Å². The molecule has 0 radical (unpaired) electrons. The van der Waals surface area contributed by atoms with E-state index in [0.29, 0.717) is 5.92 Å². The molecule has 0 fully saturated rings. The molecule has 1 aromatic heterocycles. The van der Waals surface area contributed by atoms with Gasteiger partial charge in [-0.05, 0) is 18.9 Å². The predicted molar refractivity (Wildman–Crippen MR) is 50.9 cm³/mol. The lowest BCUT2D eigenvalue weighted by Gasteiger charge is -2.12. The SMILES string of the molecule is CC(C)CONC(C)c1ccn[nH]1. The van der Waals surface area contributed by atoms with Gasteiger partial charge in [-0.3, -0.25) is 5.10 Å². The number of aromatic nitrogens is 2. The zero-order valence-electron chi connectivity index (χ0n) is 8.37. The number of hydrogen-bond donors (Lipinski definition) is 2. The minimum atomic E-state index is 0.154. The molecule has 0 spiro atoms. The highest BCUT2D eigenvalue weighted by Gasteiger charge is 2.05. The quantitative estimate of drug-likeness (QED) is 0.682. The molecule has 1 atom stereocenters. The molecular formula is C9H17N3O. The van der Waals surface area contributed by atoms with Gasteiger partial charge in [0.2, 0.25) is 0 Å². The molecule has 0 amide bonds. The van der Waals surface area contributed by atoms with Crippen molar-refractivity contribution in [2.24, 2.45) is 5.92 Å². The second-order valence-corrected chi connectivity index (χ2v) is 3.56. The second-order valence-electron chi connectivity index (χ2n) is 3.56. The summed E-state index contributed by atoms with van der Waals surface area (Å²) in [5.74, 6) is 0.543. The third-order valence-electron chi connectivity index (χ3n) is 1.67. The lowest BCUT2D eigenvalue weighted by Crippen LogP contribution is -2.21. The van der Waals surface area contributed by atoms with E-state index in [9.17, 15) is 0 Å². The molecule has 0 saturated heterocycles. The van der Waals surface area contributed by atoms with Crippen LogP contribution >= 0.6 is 0 Å². The molecule has 0 aliphatic heterocycles. The molecule has 1 aromatic rings. The van der Waals surface area contributed by atoms with Crippen LogP contribution in [0.1, 0.15) is 32.5 Å². The smallest absolute Gasteiger partial charge is 0.0709 e. The molecule has 0 aliphatic carbocycles. The molecule has 0 bridgehead atoms. The van der Waals surface area contributed by atoms with Crippen LogP contribution in [-0.2, 0) is 4.84 Å². The van der Waals surface area contributed by atoms with Gasteiger partial charge in [0.25, 0.3) is 0 Å². The number of nitrogens with zero attached hydrogens (tertiary/aromatic N) is 1. The minimum Gasteiger partial charge on any atom is -0.301 e. The summed E-state index contributed by atoms with van der Waals surface area (Å²) in [5.41, 5.74) is 3.98. The summed E-state index contributed by atoms with van der Waals surface area (Å²) < 4.78 is 0. The van der Waals surface area contributed by atoms with E-state index in [1.807, 2.05) is 13.0 Å². The average Bonchev–Trinajstić information content (AvgIpc) is 2.55. The monoisotopic (exact) mass is 183 g/mol. The number of hydroxylamine groups is 1. The van der Waals surface area contributed by atoms with Crippen molar-refractivity contribution < 1.29 is 4.84 Å². The van der Waals surface area contributed by atoms with E-state index in [0.717, 1.165) is 12.3 Å². The summed E-state index contributed by atoms with van der Waals surface area (Å²) in [5, 5.41) is 6.75. The summed E-state index contributed by atoms with van der Waals surface area (Å²) in [6.45, 7) is 6.97. The van der Waals surface area contributed by atoms with E-state index < -0.39 is 0 Å². The summed E-state index contributed by atoms with van der Waals surface area (Å²) in [6, 6.07) is 2.08. The van der Waals surface area contributed by atoms with Gasteiger partial charge in [-0.25, -0.2) is 0 Å². The van der Waals surface area contributed by atoms with Gasteiger partial charge in [0.1, 0.15) is 0 Å². The van der Waals surface area contributed by atoms with Crippen LogP contribution in [0.5, 0.6) is 0 Å². The lowest BCUT2D eigenvalue weighted by molar-refractivity contribution is 0.00327. The first-order valence-electron chi connectivity index (χ1n) is 4.56. The fraction of sp³-hybridized carbons (Fsp3) is 0.667.